The summed E-state index contributed by atoms with van der Waals surface area (Å²) in [5.41, 5.74) is 0.867. The molecule has 1 unspecified atom stereocenters. The lowest BCUT2D eigenvalue weighted by molar-refractivity contribution is -0.123. The van der Waals surface area contributed by atoms with E-state index in [0.717, 1.165) is 0 Å². The van der Waals surface area contributed by atoms with E-state index in [1.807, 2.05) is 0 Å². The first kappa shape index (κ1) is 17.2. The molecule has 0 radical (unpaired) electrons. The number of hydrogen-bond donors (Lipinski definition) is 2. The fourth-order valence-electron chi connectivity index (χ4n) is 2.05. The van der Waals surface area contributed by atoms with Crippen LogP contribution in [0.3, 0.4) is 0 Å². The summed E-state index contributed by atoms with van der Waals surface area (Å²) in [4.78, 5) is 35.7. The molecule has 1 atom stereocenters. The highest BCUT2D eigenvalue weighted by Gasteiger charge is 2.20. The molecule has 0 saturated heterocycles. The molecule has 2 aromatic carbocycles. The number of carbonyl (C=O) groups excluding carboxylic acids is 3. The molecule has 0 fully saturated rings. The number of Topliss-reactive ketones (excluding diaryl/α,β-unsaturated/α-hetero) is 1. The number of para-hydroxylation sites is 1. The molecule has 0 spiro atoms. The zero-order chi connectivity index (χ0) is 17.7. The van der Waals surface area contributed by atoms with Crippen LogP contribution >= 0.6 is 0 Å². The molecule has 0 bridgehead atoms. The Hall–Kier alpha value is -3.15. The van der Waals surface area contributed by atoms with Crippen LogP contribution in [0.5, 0.6) is 5.75 Å². The summed E-state index contributed by atoms with van der Waals surface area (Å²) in [6.07, 6.45) is -1.07. The first-order valence-corrected chi connectivity index (χ1v) is 7.29. The van der Waals surface area contributed by atoms with E-state index in [4.69, 9.17) is 4.74 Å². The van der Waals surface area contributed by atoms with Gasteiger partial charge in [-0.15, -0.1) is 0 Å². The van der Waals surface area contributed by atoms with E-state index >= 15 is 0 Å². The summed E-state index contributed by atoms with van der Waals surface area (Å²) < 4.78 is 5.08. The van der Waals surface area contributed by atoms with Crippen LogP contribution in [-0.4, -0.2) is 28.9 Å². The van der Waals surface area contributed by atoms with Crippen molar-refractivity contribution >= 4 is 23.3 Å². The molecule has 124 valence electrons. The van der Waals surface area contributed by atoms with Crippen molar-refractivity contribution < 1.29 is 24.2 Å². The summed E-state index contributed by atoms with van der Waals surface area (Å²) in [6.45, 7) is 2.82. The minimum absolute atomic E-state index is 0.0723. The van der Waals surface area contributed by atoms with Gasteiger partial charge in [-0.2, -0.15) is 0 Å². The highest BCUT2D eigenvalue weighted by atomic mass is 16.5. The summed E-state index contributed by atoms with van der Waals surface area (Å²) in [5.74, 6) is -1.54. The number of hydrogen-bond acceptors (Lipinski definition) is 5. The first-order valence-electron chi connectivity index (χ1n) is 7.29. The molecule has 2 aromatic rings. The third-order valence-electron chi connectivity index (χ3n) is 3.30. The van der Waals surface area contributed by atoms with Gasteiger partial charge in [0.25, 0.3) is 5.91 Å². The number of ether oxygens (including phenoxy) is 1. The van der Waals surface area contributed by atoms with E-state index in [-0.39, 0.29) is 17.1 Å². The number of benzene rings is 2. The minimum Gasteiger partial charge on any atom is -0.508 e. The fourth-order valence-corrected chi connectivity index (χ4v) is 2.05. The summed E-state index contributed by atoms with van der Waals surface area (Å²) in [6, 6.07) is 12.2. The fraction of sp³-hybridized carbons (Fsp3) is 0.167. The Balaban J connectivity index is 2.05. The lowest BCUT2D eigenvalue weighted by Gasteiger charge is -2.15. The van der Waals surface area contributed by atoms with Crippen LogP contribution in [0.2, 0.25) is 0 Å². The number of nitrogens with one attached hydrogen (secondary N) is 1. The maximum absolute atomic E-state index is 12.2. The molecule has 0 aliphatic carbocycles. The van der Waals surface area contributed by atoms with E-state index in [2.05, 4.69) is 5.32 Å². The van der Waals surface area contributed by atoms with Gasteiger partial charge in [-0.05, 0) is 44.2 Å². The van der Waals surface area contributed by atoms with E-state index < -0.39 is 18.0 Å². The predicted octanol–water partition coefficient (Wildman–Crippen LogP) is 2.78. The predicted molar refractivity (Wildman–Crippen MR) is 88.1 cm³/mol. The van der Waals surface area contributed by atoms with Crippen LogP contribution in [0.15, 0.2) is 48.5 Å². The SMILES string of the molecule is CC(=O)c1ccccc1NC(=O)C(C)OC(=O)c1cccc(O)c1. The zero-order valence-corrected chi connectivity index (χ0v) is 13.3. The number of esters is 1. The Morgan fingerprint density at radius 3 is 2.46 bits per heavy atom. The molecule has 2 rings (SSSR count). The lowest BCUT2D eigenvalue weighted by Crippen LogP contribution is -2.30. The van der Waals surface area contributed by atoms with E-state index in [0.29, 0.717) is 11.3 Å². The van der Waals surface area contributed by atoms with Gasteiger partial charge < -0.3 is 15.2 Å². The Morgan fingerprint density at radius 1 is 1.08 bits per heavy atom. The van der Waals surface area contributed by atoms with Crippen molar-refractivity contribution in [2.45, 2.75) is 20.0 Å². The first-order chi connectivity index (χ1) is 11.4. The number of carbonyl (C=O) groups is 3. The number of anilines is 1. The second kappa shape index (κ2) is 7.41. The van der Waals surface area contributed by atoms with Crippen LogP contribution < -0.4 is 5.32 Å². The molecule has 0 saturated carbocycles. The van der Waals surface area contributed by atoms with Gasteiger partial charge in [0.2, 0.25) is 0 Å². The Bertz CT molecular complexity index is 784. The van der Waals surface area contributed by atoms with Crippen molar-refractivity contribution in [3.05, 3.63) is 59.7 Å². The smallest absolute Gasteiger partial charge is 0.339 e. The van der Waals surface area contributed by atoms with Crippen molar-refractivity contribution in [1.29, 1.82) is 0 Å². The Morgan fingerprint density at radius 2 is 1.79 bits per heavy atom. The summed E-state index contributed by atoms with van der Waals surface area (Å²) >= 11 is 0. The standard InChI is InChI=1S/C18H17NO5/c1-11(20)15-8-3-4-9-16(15)19-17(22)12(2)24-18(23)13-6-5-7-14(21)10-13/h3-10,12,21H,1-2H3,(H,19,22). The molecule has 1 amide bonds. The average Bonchev–Trinajstić information content (AvgIpc) is 2.55. The number of phenolic OH excluding ortho intramolecular Hbond substituents is 1. The van der Waals surface area contributed by atoms with Crippen LogP contribution in [0.25, 0.3) is 0 Å². The van der Waals surface area contributed by atoms with E-state index in [1.165, 1.54) is 38.1 Å². The molecule has 2 N–H and O–H groups in total. The monoisotopic (exact) mass is 327 g/mol. The third-order valence-corrected chi connectivity index (χ3v) is 3.30. The van der Waals surface area contributed by atoms with Crippen LogP contribution in [0.1, 0.15) is 34.6 Å². The molecule has 0 aromatic heterocycles. The van der Waals surface area contributed by atoms with Gasteiger partial charge in [0, 0.05) is 5.56 Å². The van der Waals surface area contributed by atoms with Gasteiger partial charge in [0.15, 0.2) is 11.9 Å². The van der Waals surface area contributed by atoms with Gasteiger partial charge in [-0.3, -0.25) is 9.59 Å². The normalized spacial score (nSPS) is 11.4. The van der Waals surface area contributed by atoms with Crippen molar-refractivity contribution in [3.63, 3.8) is 0 Å². The number of ketones is 1. The second-order valence-electron chi connectivity index (χ2n) is 5.19. The van der Waals surface area contributed by atoms with Crippen molar-refractivity contribution in [3.8, 4) is 5.75 Å². The van der Waals surface area contributed by atoms with Gasteiger partial charge in [0.1, 0.15) is 5.75 Å². The zero-order valence-electron chi connectivity index (χ0n) is 13.3. The minimum atomic E-state index is -1.07. The quantitative estimate of drug-likeness (QED) is 0.651. The highest BCUT2D eigenvalue weighted by Crippen LogP contribution is 2.17. The largest absolute Gasteiger partial charge is 0.508 e. The molecule has 6 nitrogen and oxygen atoms in total. The van der Waals surface area contributed by atoms with Gasteiger partial charge in [-0.1, -0.05) is 18.2 Å². The van der Waals surface area contributed by atoms with Crippen molar-refractivity contribution in [2.75, 3.05) is 5.32 Å². The Kier molecular flexibility index (Phi) is 5.31. The lowest BCUT2D eigenvalue weighted by atomic mass is 10.1. The molecular formula is C18H17NO5. The average molecular weight is 327 g/mol. The van der Waals surface area contributed by atoms with Gasteiger partial charge >= 0.3 is 5.97 Å². The topological polar surface area (TPSA) is 92.7 Å². The maximum atomic E-state index is 12.2. The highest BCUT2D eigenvalue weighted by molar-refractivity contribution is 6.05. The number of rotatable bonds is 5. The van der Waals surface area contributed by atoms with Gasteiger partial charge in [0.05, 0.1) is 11.3 Å². The molecule has 0 aliphatic rings. The molecule has 0 aliphatic heterocycles. The van der Waals surface area contributed by atoms with Crippen LogP contribution in [-0.2, 0) is 9.53 Å². The third kappa shape index (κ3) is 4.19. The maximum Gasteiger partial charge on any atom is 0.339 e. The van der Waals surface area contributed by atoms with E-state index in [1.54, 1.807) is 24.3 Å². The molecular weight excluding hydrogens is 310 g/mol. The molecule has 6 heteroatoms. The van der Waals surface area contributed by atoms with Crippen molar-refractivity contribution in [2.24, 2.45) is 0 Å². The van der Waals surface area contributed by atoms with Crippen LogP contribution in [0.4, 0.5) is 5.69 Å². The molecule has 24 heavy (non-hydrogen) atoms. The number of amides is 1. The van der Waals surface area contributed by atoms with Crippen LogP contribution in [0, 0.1) is 0 Å². The summed E-state index contributed by atoms with van der Waals surface area (Å²) in [7, 11) is 0. The van der Waals surface area contributed by atoms with E-state index in [9.17, 15) is 19.5 Å². The number of aromatic hydroxyl groups is 1. The van der Waals surface area contributed by atoms with Crippen molar-refractivity contribution in [1.82, 2.24) is 0 Å². The summed E-state index contributed by atoms with van der Waals surface area (Å²) in [5, 5.41) is 11.9. The number of phenols is 1. The second-order valence-corrected chi connectivity index (χ2v) is 5.19. The molecule has 0 heterocycles. The van der Waals surface area contributed by atoms with Gasteiger partial charge in [-0.25, -0.2) is 4.79 Å². The Labute approximate surface area is 139 Å².